The summed E-state index contributed by atoms with van der Waals surface area (Å²) in [5.41, 5.74) is 0.00559. The van der Waals surface area contributed by atoms with Crippen LogP contribution in [0.25, 0.3) is 11.0 Å². The summed E-state index contributed by atoms with van der Waals surface area (Å²) in [6.07, 6.45) is 4.31. The molecule has 2 aromatic carbocycles. The highest BCUT2D eigenvalue weighted by molar-refractivity contribution is 7.93. The number of nitrogens with zero attached hydrogens (tertiary/aromatic N) is 3. The maximum Gasteiger partial charge on any atom is 0.264 e. The predicted octanol–water partition coefficient (Wildman–Crippen LogP) is 1.44. The second-order valence-corrected chi connectivity index (χ2v) is 12.2. The number of carbonyl (C=O) groups is 1. The van der Waals surface area contributed by atoms with E-state index in [-0.39, 0.29) is 53.7 Å². The van der Waals surface area contributed by atoms with Gasteiger partial charge in [0.25, 0.3) is 15.9 Å². The molecule has 12 heteroatoms. The Balaban J connectivity index is 1.45. The molecule has 1 fully saturated rings. The van der Waals surface area contributed by atoms with E-state index in [1.54, 1.807) is 17.0 Å². The van der Waals surface area contributed by atoms with E-state index in [0.717, 1.165) is 6.26 Å². The topological polar surface area (TPSA) is 147 Å². The van der Waals surface area contributed by atoms with Gasteiger partial charge in [0, 0.05) is 43.0 Å². The first kappa shape index (κ1) is 24.0. The standard InChI is InChI=1S/C22H24N4O6S2/c1-33(29,30)15-22(28)9-13-26(14-10-22)21(27)16-5-7-17(8-6-16)25-34(31,32)19-4-2-3-18-20(19)24-12-11-23-18/h2-8,11-12,25,28H,9-10,13-15H2,1H3. The molecule has 1 aliphatic rings. The molecule has 0 saturated carbocycles. The fourth-order valence-electron chi connectivity index (χ4n) is 4.02. The smallest absolute Gasteiger partial charge is 0.264 e. The zero-order chi connectivity index (χ0) is 24.6. The number of carbonyl (C=O) groups excluding carboxylic acids is 1. The molecule has 1 amide bonds. The van der Waals surface area contributed by atoms with E-state index >= 15 is 0 Å². The number of aliphatic hydroxyl groups is 1. The number of para-hydroxylation sites is 1. The number of fused-ring (bicyclic) bond motifs is 1. The van der Waals surface area contributed by atoms with Gasteiger partial charge < -0.3 is 10.0 Å². The van der Waals surface area contributed by atoms with Crippen molar-refractivity contribution in [2.75, 3.05) is 29.8 Å². The van der Waals surface area contributed by atoms with E-state index in [2.05, 4.69) is 14.7 Å². The lowest BCUT2D eigenvalue weighted by Crippen LogP contribution is -2.49. The highest BCUT2D eigenvalue weighted by atomic mass is 32.2. The highest BCUT2D eigenvalue weighted by Crippen LogP contribution is 2.26. The van der Waals surface area contributed by atoms with Crippen molar-refractivity contribution in [3.63, 3.8) is 0 Å². The van der Waals surface area contributed by atoms with Gasteiger partial charge in [-0.15, -0.1) is 0 Å². The molecule has 2 heterocycles. The number of nitrogens with one attached hydrogen (secondary N) is 1. The van der Waals surface area contributed by atoms with E-state index < -0.39 is 25.5 Å². The first-order valence-electron chi connectivity index (χ1n) is 10.5. The van der Waals surface area contributed by atoms with E-state index in [1.807, 2.05) is 0 Å². The van der Waals surface area contributed by atoms with Crippen LogP contribution in [0.4, 0.5) is 5.69 Å². The Morgan fingerprint density at radius 2 is 1.68 bits per heavy atom. The van der Waals surface area contributed by atoms with Crippen LogP contribution in [-0.2, 0) is 19.9 Å². The maximum atomic E-state index is 12.9. The lowest BCUT2D eigenvalue weighted by Gasteiger charge is -2.37. The number of amides is 1. The van der Waals surface area contributed by atoms with Crippen LogP contribution in [0.2, 0.25) is 0 Å². The molecule has 1 saturated heterocycles. The third-order valence-electron chi connectivity index (χ3n) is 5.65. The van der Waals surface area contributed by atoms with Crippen LogP contribution in [0.3, 0.4) is 0 Å². The first-order valence-corrected chi connectivity index (χ1v) is 14.0. The number of anilines is 1. The molecule has 0 radical (unpaired) electrons. The van der Waals surface area contributed by atoms with Crippen LogP contribution in [-0.4, -0.2) is 73.4 Å². The van der Waals surface area contributed by atoms with Gasteiger partial charge in [-0.1, -0.05) is 6.07 Å². The molecule has 1 aliphatic heterocycles. The van der Waals surface area contributed by atoms with E-state index in [9.17, 15) is 26.7 Å². The van der Waals surface area contributed by atoms with Crippen molar-refractivity contribution >= 4 is 42.5 Å². The monoisotopic (exact) mass is 504 g/mol. The minimum absolute atomic E-state index is 0.00634. The summed E-state index contributed by atoms with van der Waals surface area (Å²) in [6, 6.07) is 10.7. The summed E-state index contributed by atoms with van der Waals surface area (Å²) in [6.45, 7) is 0.447. The normalized spacial score (nSPS) is 16.4. The Morgan fingerprint density at radius 3 is 2.32 bits per heavy atom. The molecular formula is C22H24N4O6S2. The Kier molecular flexibility index (Phi) is 6.32. The average Bonchev–Trinajstić information content (AvgIpc) is 2.77. The van der Waals surface area contributed by atoms with Crippen LogP contribution in [0.5, 0.6) is 0 Å². The SMILES string of the molecule is CS(=O)(=O)CC1(O)CCN(C(=O)c2ccc(NS(=O)(=O)c3cccc4nccnc34)cc2)CC1. The summed E-state index contributed by atoms with van der Waals surface area (Å²) in [7, 11) is -7.29. The lowest BCUT2D eigenvalue weighted by atomic mass is 9.93. The number of hydrogen-bond acceptors (Lipinski definition) is 8. The minimum Gasteiger partial charge on any atom is -0.389 e. The zero-order valence-corrected chi connectivity index (χ0v) is 20.0. The van der Waals surface area contributed by atoms with Gasteiger partial charge in [-0.2, -0.15) is 0 Å². The van der Waals surface area contributed by atoms with Gasteiger partial charge in [0.1, 0.15) is 20.2 Å². The lowest BCUT2D eigenvalue weighted by molar-refractivity contribution is 0.000599. The van der Waals surface area contributed by atoms with Crippen LogP contribution in [0.1, 0.15) is 23.2 Å². The molecule has 0 atom stereocenters. The second-order valence-electron chi connectivity index (χ2n) is 8.45. The minimum atomic E-state index is -3.95. The van der Waals surface area contributed by atoms with Crippen LogP contribution < -0.4 is 4.72 Å². The molecule has 2 N–H and O–H groups in total. The Morgan fingerprint density at radius 1 is 1.03 bits per heavy atom. The molecule has 0 aliphatic carbocycles. The summed E-state index contributed by atoms with van der Waals surface area (Å²) in [5.74, 6) is -0.612. The van der Waals surface area contributed by atoms with Gasteiger partial charge in [-0.05, 0) is 49.2 Å². The number of sulfone groups is 1. The fourth-order valence-corrected chi connectivity index (χ4v) is 6.51. The number of likely N-dealkylation sites (tertiary alicyclic amines) is 1. The largest absolute Gasteiger partial charge is 0.389 e. The van der Waals surface area contributed by atoms with Gasteiger partial charge in [0.15, 0.2) is 0 Å². The molecule has 3 aromatic rings. The van der Waals surface area contributed by atoms with Crippen molar-refractivity contribution < 1.29 is 26.7 Å². The highest BCUT2D eigenvalue weighted by Gasteiger charge is 2.36. The average molecular weight is 505 g/mol. The number of hydrogen-bond donors (Lipinski definition) is 2. The zero-order valence-electron chi connectivity index (χ0n) is 18.4. The molecule has 180 valence electrons. The third-order valence-corrected chi connectivity index (χ3v) is 8.12. The first-order chi connectivity index (χ1) is 16.0. The number of rotatable bonds is 6. The molecule has 10 nitrogen and oxygen atoms in total. The molecule has 0 unspecified atom stereocenters. The quantitative estimate of drug-likeness (QED) is 0.513. The molecule has 34 heavy (non-hydrogen) atoms. The third kappa shape index (κ3) is 5.34. The van der Waals surface area contributed by atoms with Crippen molar-refractivity contribution in [3.05, 3.63) is 60.4 Å². The van der Waals surface area contributed by atoms with E-state index in [0.29, 0.717) is 11.1 Å². The Labute approximate surface area is 197 Å². The van der Waals surface area contributed by atoms with Gasteiger partial charge in [-0.25, -0.2) is 16.8 Å². The number of piperidine rings is 1. The van der Waals surface area contributed by atoms with Crippen molar-refractivity contribution in [2.24, 2.45) is 0 Å². The number of aromatic nitrogens is 2. The van der Waals surface area contributed by atoms with Gasteiger partial charge in [-0.3, -0.25) is 19.5 Å². The number of benzene rings is 2. The molecular weight excluding hydrogens is 480 g/mol. The van der Waals surface area contributed by atoms with Crippen LogP contribution in [0.15, 0.2) is 59.8 Å². The summed E-state index contributed by atoms with van der Waals surface area (Å²) >= 11 is 0. The van der Waals surface area contributed by atoms with Crippen molar-refractivity contribution in [1.82, 2.24) is 14.9 Å². The van der Waals surface area contributed by atoms with Gasteiger partial charge >= 0.3 is 0 Å². The summed E-state index contributed by atoms with van der Waals surface area (Å²) in [5, 5.41) is 10.5. The van der Waals surface area contributed by atoms with E-state index in [4.69, 9.17) is 0 Å². The maximum absolute atomic E-state index is 12.9. The molecule has 1 aromatic heterocycles. The Bertz CT molecular complexity index is 1430. The molecule has 4 rings (SSSR count). The van der Waals surface area contributed by atoms with Crippen molar-refractivity contribution in [2.45, 2.75) is 23.3 Å². The summed E-state index contributed by atoms with van der Waals surface area (Å²) in [4.78, 5) is 22.6. The Hall–Kier alpha value is -3.09. The van der Waals surface area contributed by atoms with Crippen LogP contribution >= 0.6 is 0 Å². The van der Waals surface area contributed by atoms with Crippen LogP contribution in [0, 0.1) is 0 Å². The fraction of sp³-hybridized carbons (Fsp3) is 0.318. The number of sulfonamides is 1. The van der Waals surface area contributed by atoms with Crippen molar-refractivity contribution in [3.8, 4) is 0 Å². The predicted molar refractivity (Wildman–Crippen MR) is 127 cm³/mol. The van der Waals surface area contributed by atoms with Crippen molar-refractivity contribution in [1.29, 1.82) is 0 Å². The van der Waals surface area contributed by atoms with E-state index in [1.165, 1.54) is 42.7 Å². The summed E-state index contributed by atoms with van der Waals surface area (Å²) < 4.78 is 51.4. The van der Waals surface area contributed by atoms with Gasteiger partial charge in [0.2, 0.25) is 0 Å². The molecule has 0 bridgehead atoms. The van der Waals surface area contributed by atoms with Gasteiger partial charge in [0.05, 0.1) is 16.9 Å². The second kappa shape index (κ2) is 8.93. The molecule has 0 spiro atoms.